The van der Waals surface area contributed by atoms with Gasteiger partial charge >= 0.3 is 5.97 Å². The van der Waals surface area contributed by atoms with Gasteiger partial charge in [-0.2, -0.15) is 0 Å². The summed E-state index contributed by atoms with van der Waals surface area (Å²) in [5.74, 6) is -1.10. The highest BCUT2D eigenvalue weighted by molar-refractivity contribution is 6.31. The fraction of sp³-hybridized carbons (Fsp3) is 0.529. The number of hydrogen-bond acceptors (Lipinski definition) is 4. The SMILES string of the molecule is COc1ccccc1C(Cl)C(=O)NC1(C(=O)O)CCC(OC)CC1. The smallest absolute Gasteiger partial charge is 0.329 e. The van der Waals surface area contributed by atoms with E-state index >= 15 is 0 Å². The lowest BCUT2D eigenvalue weighted by molar-refractivity contribution is -0.150. The Kier molecular flexibility index (Phi) is 6.07. The van der Waals surface area contributed by atoms with Gasteiger partial charge in [-0.25, -0.2) is 4.79 Å². The molecule has 1 aliphatic carbocycles. The molecule has 0 heterocycles. The molecule has 6 nitrogen and oxygen atoms in total. The number of benzene rings is 1. The number of nitrogens with one attached hydrogen (secondary N) is 1. The molecule has 1 aromatic rings. The van der Waals surface area contributed by atoms with Crippen molar-refractivity contribution < 1.29 is 24.2 Å². The van der Waals surface area contributed by atoms with Crippen LogP contribution in [0.2, 0.25) is 0 Å². The number of alkyl halides is 1. The number of carboxylic acids is 1. The number of carbonyl (C=O) groups excluding carboxylic acids is 1. The molecule has 0 bridgehead atoms. The molecule has 0 aliphatic heterocycles. The van der Waals surface area contributed by atoms with Crippen molar-refractivity contribution in [3.05, 3.63) is 29.8 Å². The predicted molar refractivity (Wildman–Crippen MR) is 89.4 cm³/mol. The normalized spacial score (nSPS) is 24.9. The van der Waals surface area contributed by atoms with E-state index in [4.69, 9.17) is 21.1 Å². The van der Waals surface area contributed by atoms with Crippen LogP contribution in [0.4, 0.5) is 0 Å². The summed E-state index contributed by atoms with van der Waals surface area (Å²) in [4.78, 5) is 24.3. The average molecular weight is 356 g/mol. The third kappa shape index (κ3) is 3.82. The highest BCUT2D eigenvalue weighted by atomic mass is 35.5. The first kappa shape index (κ1) is 18.5. The fourth-order valence-electron chi connectivity index (χ4n) is 3.03. The maximum absolute atomic E-state index is 12.5. The van der Waals surface area contributed by atoms with Crippen LogP contribution in [0.25, 0.3) is 0 Å². The summed E-state index contributed by atoms with van der Waals surface area (Å²) in [6.07, 6.45) is 1.79. The second-order valence-corrected chi connectivity index (χ2v) is 6.35. The summed E-state index contributed by atoms with van der Waals surface area (Å²) in [6.45, 7) is 0. The first-order chi connectivity index (χ1) is 11.4. The van der Waals surface area contributed by atoms with Crippen LogP contribution in [0.15, 0.2) is 24.3 Å². The number of rotatable bonds is 6. The molecule has 1 atom stereocenters. The van der Waals surface area contributed by atoms with E-state index < -0.39 is 22.8 Å². The lowest BCUT2D eigenvalue weighted by atomic mass is 9.80. The Bertz CT molecular complexity index is 598. The van der Waals surface area contributed by atoms with Crippen molar-refractivity contribution in [2.24, 2.45) is 0 Å². The zero-order valence-electron chi connectivity index (χ0n) is 13.8. The second kappa shape index (κ2) is 7.85. The summed E-state index contributed by atoms with van der Waals surface area (Å²) >= 11 is 6.27. The summed E-state index contributed by atoms with van der Waals surface area (Å²) in [7, 11) is 3.10. The van der Waals surface area contributed by atoms with E-state index in [9.17, 15) is 14.7 Å². The minimum atomic E-state index is -1.30. The Morgan fingerprint density at radius 1 is 1.29 bits per heavy atom. The number of amides is 1. The fourth-order valence-corrected chi connectivity index (χ4v) is 3.26. The van der Waals surface area contributed by atoms with Crippen molar-refractivity contribution in [3.8, 4) is 5.75 Å². The van der Waals surface area contributed by atoms with Gasteiger partial charge in [-0.1, -0.05) is 18.2 Å². The number of carbonyl (C=O) groups is 2. The number of aliphatic carboxylic acids is 1. The van der Waals surface area contributed by atoms with E-state index in [1.165, 1.54) is 7.11 Å². The molecule has 1 aliphatic rings. The maximum Gasteiger partial charge on any atom is 0.329 e. The van der Waals surface area contributed by atoms with Gasteiger partial charge in [0.05, 0.1) is 13.2 Å². The summed E-state index contributed by atoms with van der Waals surface area (Å²) < 4.78 is 10.5. The third-order valence-electron chi connectivity index (χ3n) is 4.53. The monoisotopic (exact) mass is 355 g/mol. The van der Waals surface area contributed by atoms with Crippen molar-refractivity contribution >= 4 is 23.5 Å². The molecule has 0 aromatic heterocycles. The molecule has 2 N–H and O–H groups in total. The Labute approximate surface area is 146 Å². The maximum atomic E-state index is 12.5. The van der Waals surface area contributed by atoms with Crippen LogP contribution < -0.4 is 10.1 Å². The molecular formula is C17H22ClNO5. The van der Waals surface area contributed by atoms with Gasteiger partial charge in [-0.05, 0) is 31.7 Å². The van der Waals surface area contributed by atoms with Gasteiger partial charge in [0, 0.05) is 12.7 Å². The van der Waals surface area contributed by atoms with E-state index in [1.807, 2.05) is 0 Å². The lowest BCUT2D eigenvalue weighted by Gasteiger charge is -2.37. The van der Waals surface area contributed by atoms with Crippen molar-refractivity contribution in [2.75, 3.05) is 14.2 Å². The molecule has 132 valence electrons. The van der Waals surface area contributed by atoms with E-state index in [0.717, 1.165) is 0 Å². The second-order valence-electron chi connectivity index (χ2n) is 5.92. The summed E-state index contributed by atoms with van der Waals surface area (Å²) in [6, 6.07) is 6.91. The van der Waals surface area contributed by atoms with Gasteiger partial charge in [-0.15, -0.1) is 11.6 Å². The number of hydrogen-bond donors (Lipinski definition) is 2. The minimum Gasteiger partial charge on any atom is -0.496 e. The average Bonchev–Trinajstić information content (AvgIpc) is 2.61. The third-order valence-corrected chi connectivity index (χ3v) is 4.97. The topological polar surface area (TPSA) is 84.9 Å². The van der Waals surface area contributed by atoms with E-state index in [2.05, 4.69) is 5.32 Å². The Balaban J connectivity index is 2.15. The first-order valence-corrected chi connectivity index (χ1v) is 8.22. The van der Waals surface area contributed by atoms with Gasteiger partial charge in [0.2, 0.25) is 5.91 Å². The summed E-state index contributed by atoms with van der Waals surface area (Å²) in [5, 5.41) is 11.2. The van der Waals surface area contributed by atoms with Gasteiger partial charge in [0.1, 0.15) is 16.7 Å². The number of carboxylic acid groups (broad SMARTS) is 1. The number of halogens is 1. The molecule has 0 spiro atoms. The Hall–Kier alpha value is -1.79. The van der Waals surface area contributed by atoms with Crippen LogP contribution in [0.5, 0.6) is 5.75 Å². The van der Waals surface area contributed by atoms with Crippen LogP contribution >= 0.6 is 11.6 Å². The van der Waals surface area contributed by atoms with E-state index in [0.29, 0.717) is 37.0 Å². The standard InChI is InChI=1S/C17H22ClNO5/c1-23-11-7-9-17(10-8-11,16(21)22)19-15(20)14(18)12-5-3-4-6-13(12)24-2/h3-6,11,14H,7-10H2,1-2H3,(H,19,20)(H,21,22). The van der Waals surface area contributed by atoms with Crippen LogP contribution in [0.3, 0.4) is 0 Å². The number of ether oxygens (including phenoxy) is 2. The number of methoxy groups -OCH3 is 2. The van der Waals surface area contributed by atoms with Crippen molar-refractivity contribution in [3.63, 3.8) is 0 Å². The molecule has 0 saturated heterocycles. The van der Waals surface area contributed by atoms with Gasteiger partial charge in [0.25, 0.3) is 0 Å². The molecule has 0 radical (unpaired) electrons. The van der Waals surface area contributed by atoms with Gasteiger partial charge in [-0.3, -0.25) is 4.79 Å². The highest BCUT2D eigenvalue weighted by Crippen LogP contribution is 2.33. The van der Waals surface area contributed by atoms with Gasteiger partial charge < -0.3 is 19.9 Å². The molecule has 1 fully saturated rings. The molecule has 1 amide bonds. The Morgan fingerprint density at radius 2 is 1.92 bits per heavy atom. The van der Waals surface area contributed by atoms with Crippen LogP contribution in [0.1, 0.15) is 36.6 Å². The molecule has 2 rings (SSSR count). The zero-order chi connectivity index (χ0) is 17.7. The van der Waals surface area contributed by atoms with Crippen molar-refractivity contribution in [2.45, 2.75) is 42.7 Å². The molecule has 1 aromatic carbocycles. The molecular weight excluding hydrogens is 334 g/mol. The molecule has 1 saturated carbocycles. The number of para-hydroxylation sites is 1. The van der Waals surface area contributed by atoms with E-state index in [1.54, 1.807) is 31.4 Å². The van der Waals surface area contributed by atoms with Gasteiger partial charge in [0.15, 0.2) is 0 Å². The van der Waals surface area contributed by atoms with Crippen LogP contribution in [-0.4, -0.2) is 42.8 Å². The highest BCUT2D eigenvalue weighted by Gasteiger charge is 2.44. The quantitative estimate of drug-likeness (QED) is 0.766. The minimum absolute atomic E-state index is 0.0235. The largest absolute Gasteiger partial charge is 0.496 e. The lowest BCUT2D eigenvalue weighted by Crippen LogP contribution is -2.57. The molecule has 7 heteroatoms. The van der Waals surface area contributed by atoms with Crippen molar-refractivity contribution in [1.29, 1.82) is 0 Å². The molecule has 24 heavy (non-hydrogen) atoms. The Morgan fingerprint density at radius 3 is 2.46 bits per heavy atom. The first-order valence-electron chi connectivity index (χ1n) is 7.78. The predicted octanol–water partition coefficient (Wildman–Crippen LogP) is 2.50. The summed E-state index contributed by atoms with van der Waals surface area (Å²) in [5.41, 5.74) is -0.799. The van der Waals surface area contributed by atoms with E-state index in [-0.39, 0.29) is 6.10 Å². The van der Waals surface area contributed by atoms with Crippen molar-refractivity contribution in [1.82, 2.24) is 5.32 Å². The van der Waals surface area contributed by atoms with Crippen LogP contribution in [0, 0.1) is 0 Å². The van der Waals surface area contributed by atoms with Crippen LogP contribution in [-0.2, 0) is 14.3 Å². The zero-order valence-corrected chi connectivity index (χ0v) is 14.5. The molecule has 1 unspecified atom stereocenters.